The Hall–Kier alpha value is -2.93. The molecular weight excluding hydrogens is 320 g/mol. The summed E-state index contributed by atoms with van der Waals surface area (Å²) in [5.74, 6) is 1.65. The van der Waals surface area contributed by atoms with Crippen LogP contribution in [-0.4, -0.2) is 17.7 Å². The number of nitrogen functional groups attached to an aromatic ring is 1. The first kappa shape index (κ1) is 16.5. The molecule has 1 aromatic heterocycles. The summed E-state index contributed by atoms with van der Waals surface area (Å²) in [6.45, 7) is 4.93. The van der Waals surface area contributed by atoms with E-state index in [2.05, 4.69) is 64.9 Å². The number of nitrogens with two attached hydrogens (primary N) is 1. The first-order valence-electron chi connectivity index (χ1n) is 9.28. The number of rotatable bonds is 3. The van der Waals surface area contributed by atoms with Crippen LogP contribution in [0, 0.1) is 17.2 Å². The van der Waals surface area contributed by atoms with Gasteiger partial charge < -0.3 is 15.2 Å². The number of piperidine rings is 1. The molecule has 0 amide bonds. The van der Waals surface area contributed by atoms with Gasteiger partial charge in [0.2, 0.25) is 0 Å². The van der Waals surface area contributed by atoms with Crippen molar-refractivity contribution in [3.05, 3.63) is 59.8 Å². The number of fused-ring (bicyclic) bond motifs is 1. The second-order valence-corrected chi connectivity index (χ2v) is 7.34. The topological polar surface area (TPSA) is 58.0 Å². The average Bonchev–Trinajstić information content (AvgIpc) is 2.97. The Bertz CT molecular complexity index is 974. The molecule has 4 heteroatoms. The Kier molecular flexibility index (Phi) is 4.30. The second-order valence-electron chi connectivity index (χ2n) is 7.34. The summed E-state index contributed by atoms with van der Waals surface area (Å²) in [6, 6.07) is 18.9. The van der Waals surface area contributed by atoms with Gasteiger partial charge in [0.05, 0.1) is 12.2 Å². The molecule has 1 aliphatic heterocycles. The summed E-state index contributed by atoms with van der Waals surface area (Å²) in [4.78, 5) is 2.36. The molecule has 0 spiro atoms. The molecule has 26 heavy (non-hydrogen) atoms. The third-order valence-electron chi connectivity index (χ3n) is 5.38. The van der Waals surface area contributed by atoms with E-state index < -0.39 is 0 Å². The van der Waals surface area contributed by atoms with Crippen molar-refractivity contribution in [3.8, 4) is 6.07 Å². The molecule has 2 N–H and O–H groups in total. The molecule has 2 aromatic carbocycles. The van der Waals surface area contributed by atoms with Crippen LogP contribution in [0.3, 0.4) is 0 Å². The van der Waals surface area contributed by atoms with Crippen molar-refractivity contribution in [2.24, 2.45) is 5.92 Å². The highest BCUT2D eigenvalue weighted by Gasteiger charge is 2.24. The molecule has 1 saturated heterocycles. The summed E-state index contributed by atoms with van der Waals surface area (Å²) < 4.78 is 2.09. The molecule has 3 aromatic rings. The Morgan fingerprint density at radius 3 is 2.81 bits per heavy atom. The number of hydrogen-bond donors (Lipinski definition) is 1. The lowest BCUT2D eigenvalue weighted by Gasteiger charge is -2.34. The molecule has 0 bridgehead atoms. The number of aromatic nitrogens is 1. The van der Waals surface area contributed by atoms with Gasteiger partial charge in [-0.05, 0) is 41.2 Å². The molecule has 1 unspecified atom stereocenters. The van der Waals surface area contributed by atoms with Gasteiger partial charge in [-0.15, -0.1) is 0 Å². The number of nitrogens with zero attached hydrogens (tertiary/aromatic N) is 3. The van der Waals surface area contributed by atoms with Gasteiger partial charge in [0.25, 0.3) is 0 Å². The molecule has 1 aliphatic rings. The molecule has 132 valence electrons. The number of anilines is 2. The zero-order valence-corrected chi connectivity index (χ0v) is 15.2. The lowest BCUT2D eigenvalue weighted by atomic mass is 10.0. The normalized spacial score (nSPS) is 17.4. The maximum absolute atomic E-state index is 9.65. The van der Waals surface area contributed by atoms with Gasteiger partial charge in [-0.1, -0.05) is 49.4 Å². The van der Waals surface area contributed by atoms with E-state index in [1.165, 1.54) is 29.2 Å². The maximum Gasteiger partial charge on any atom is 0.133 e. The minimum Gasteiger partial charge on any atom is -0.396 e. The minimum absolute atomic E-state index is 0.628. The van der Waals surface area contributed by atoms with E-state index in [0.717, 1.165) is 18.9 Å². The molecule has 0 radical (unpaired) electrons. The number of nitriles is 1. The fraction of sp³-hybridized carbons (Fsp3) is 0.318. The van der Waals surface area contributed by atoms with E-state index in [1.54, 1.807) is 0 Å². The van der Waals surface area contributed by atoms with Crippen LogP contribution in [0.4, 0.5) is 11.5 Å². The van der Waals surface area contributed by atoms with E-state index >= 15 is 0 Å². The van der Waals surface area contributed by atoms with Gasteiger partial charge in [0.1, 0.15) is 17.6 Å². The third-order valence-corrected chi connectivity index (χ3v) is 5.38. The summed E-state index contributed by atoms with van der Waals surface area (Å²) in [5, 5.41) is 12.1. The Labute approximate surface area is 154 Å². The summed E-state index contributed by atoms with van der Waals surface area (Å²) in [6.07, 6.45) is 2.42. The fourth-order valence-electron chi connectivity index (χ4n) is 4.15. The third kappa shape index (κ3) is 2.90. The maximum atomic E-state index is 9.65. The Balaban J connectivity index is 1.79. The van der Waals surface area contributed by atoms with Crippen LogP contribution in [0.2, 0.25) is 0 Å². The van der Waals surface area contributed by atoms with Crippen molar-refractivity contribution in [3.63, 3.8) is 0 Å². The Morgan fingerprint density at radius 2 is 2.00 bits per heavy atom. The summed E-state index contributed by atoms with van der Waals surface area (Å²) >= 11 is 0. The predicted molar refractivity (Wildman–Crippen MR) is 107 cm³/mol. The molecule has 1 atom stereocenters. The van der Waals surface area contributed by atoms with E-state index in [0.29, 0.717) is 23.8 Å². The van der Waals surface area contributed by atoms with E-state index in [9.17, 15) is 5.26 Å². The van der Waals surface area contributed by atoms with E-state index in [-0.39, 0.29) is 0 Å². The summed E-state index contributed by atoms with van der Waals surface area (Å²) in [7, 11) is 0. The summed E-state index contributed by atoms with van der Waals surface area (Å²) in [5.41, 5.74) is 8.89. The smallest absolute Gasteiger partial charge is 0.133 e. The van der Waals surface area contributed by atoms with Gasteiger partial charge in [-0.2, -0.15) is 5.26 Å². The molecule has 0 aliphatic carbocycles. The van der Waals surface area contributed by atoms with Gasteiger partial charge in [-0.3, -0.25) is 0 Å². The van der Waals surface area contributed by atoms with Crippen molar-refractivity contribution in [2.75, 3.05) is 23.7 Å². The monoisotopic (exact) mass is 344 g/mol. The van der Waals surface area contributed by atoms with Crippen LogP contribution < -0.4 is 10.6 Å². The van der Waals surface area contributed by atoms with Crippen molar-refractivity contribution >= 4 is 22.3 Å². The van der Waals surface area contributed by atoms with Crippen LogP contribution in [0.1, 0.15) is 31.0 Å². The lowest BCUT2D eigenvalue weighted by molar-refractivity contribution is 0.441. The molecular formula is C22H24N4. The zero-order chi connectivity index (χ0) is 18.1. The SMILES string of the molecule is CC1CCCN(c2c(N)cc(C#N)n2Cc2cccc3ccccc23)C1. The van der Waals surface area contributed by atoms with Crippen molar-refractivity contribution in [1.29, 1.82) is 5.26 Å². The van der Waals surface area contributed by atoms with Crippen molar-refractivity contribution in [2.45, 2.75) is 26.3 Å². The van der Waals surface area contributed by atoms with Crippen LogP contribution in [0.25, 0.3) is 10.8 Å². The highest BCUT2D eigenvalue weighted by molar-refractivity contribution is 5.85. The van der Waals surface area contributed by atoms with Crippen molar-refractivity contribution < 1.29 is 0 Å². The average molecular weight is 344 g/mol. The van der Waals surface area contributed by atoms with E-state index in [4.69, 9.17) is 5.73 Å². The van der Waals surface area contributed by atoms with Crippen molar-refractivity contribution in [1.82, 2.24) is 4.57 Å². The quantitative estimate of drug-likeness (QED) is 0.767. The highest BCUT2D eigenvalue weighted by atomic mass is 15.3. The zero-order valence-electron chi connectivity index (χ0n) is 15.2. The standard InChI is InChI=1S/C22H24N4/c1-16-6-5-11-25(14-16)22-21(24)12-19(13-23)26(22)15-18-9-4-8-17-7-2-3-10-20(17)18/h2-4,7-10,12,16H,5-6,11,14-15,24H2,1H3. The molecule has 4 rings (SSSR count). The first-order chi connectivity index (χ1) is 12.7. The number of hydrogen-bond acceptors (Lipinski definition) is 3. The van der Waals surface area contributed by atoms with Crippen LogP contribution >= 0.6 is 0 Å². The van der Waals surface area contributed by atoms with Gasteiger partial charge in [0, 0.05) is 13.1 Å². The molecule has 4 nitrogen and oxygen atoms in total. The van der Waals surface area contributed by atoms with E-state index in [1.807, 2.05) is 6.07 Å². The minimum atomic E-state index is 0.628. The Morgan fingerprint density at radius 1 is 1.19 bits per heavy atom. The van der Waals surface area contributed by atoms with Gasteiger partial charge in [-0.25, -0.2) is 0 Å². The van der Waals surface area contributed by atoms with Gasteiger partial charge >= 0.3 is 0 Å². The fourth-order valence-corrected chi connectivity index (χ4v) is 4.15. The van der Waals surface area contributed by atoms with Crippen LogP contribution in [-0.2, 0) is 6.54 Å². The molecule has 0 saturated carbocycles. The second kappa shape index (κ2) is 6.76. The van der Waals surface area contributed by atoms with Crippen LogP contribution in [0.15, 0.2) is 48.5 Å². The molecule has 1 fully saturated rings. The predicted octanol–water partition coefficient (Wildman–Crippen LogP) is 4.38. The highest BCUT2D eigenvalue weighted by Crippen LogP contribution is 2.33. The largest absolute Gasteiger partial charge is 0.396 e. The first-order valence-corrected chi connectivity index (χ1v) is 9.28. The number of benzene rings is 2. The van der Waals surface area contributed by atoms with Crippen LogP contribution in [0.5, 0.6) is 0 Å². The van der Waals surface area contributed by atoms with Gasteiger partial charge in [0.15, 0.2) is 0 Å². The lowest BCUT2D eigenvalue weighted by Crippen LogP contribution is -2.36. The molecule has 2 heterocycles.